The molecule has 0 saturated carbocycles. The van der Waals surface area contributed by atoms with Gasteiger partial charge in [0.1, 0.15) is 6.61 Å². The molecule has 0 N–H and O–H groups in total. The summed E-state index contributed by atoms with van der Waals surface area (Å²) in [6.45, 7) is 8.80. The standard InChI is InChI=1S/C11H19BO4/c1-10(2)11(3,4)16-12(15-10)5-8-6-14-7-9(8)13/h8H,5-7H2,1-4H3. The molecule has 0 spiro atoms. The first-order valence-electron chi connectivity index (χ1n) is 5.78. The van der Waals surface area contributed by atoms with Crippen molar-refractivity contribution in [3.05, 3.63) is 0 Å². The van der Waals surface area contributed by atoms with Crippen molar-refractivity contribution >= 4 is 12.9 Å². The van der Waals surface area contributed by atoms with Crippen LogP contribution >= 0.6 is 0 Å². The van der Waals surface area contributed by atoms with Crippen LogP contribution in [0, 0.1) is 5.92 Å². The van der Waals surface area contributed by atoms with E-state index in [1.54, 1.807) is 0 Å². The molecule has 0 bridgehead atoms. The summed E-state index contributed by atoms with van der Waals surface area (Å²) in [5, 5.41) is 0. The highest BCUT2D eigenvalue weighted by Gasteiger charge is 2.52. The Labute approximate surface area is 96.8 Å². The average molecular weight is 226 g/mol. The van der Waals surface area contributed by atoms with E-state index in [4.69, 9.17) is 14.0 Å². The summed E-state index contributed by atoms with van der Waals surface area (Å²) in [5.41, 5.74) is -0.639. The zero-order valence-electron chi connectivity index (χ0n) is 10.4. The molecule has 0 aromatic carbocycles. The van der Waals surface area contributed by atoms with Crippen LogP contribution in [0.25, 0.3) is 0 Å². The molecule has 16 heavy (non-hydrogen) atoms. The molecule has 0 aromatic rings. The lowest BCUT2D eigenvalue weighted by molar-refractivity contribution is -0.120. The van der Waals surface area contributed by atoms with Gasteiger partial charge in [-0.2, -0.15) is 0 Å². The first kappa shape index (κ1) is 12.1. The Morgan fingerprint density at radius 2 is 1.81 bits per heavy atom. The Morgan fingerprint density at radius 3 is 2.25 bits per heavy atom. The lowest BCUT2D eigenvalue weighted by atomic mass is 9.77. The Hall–Kier alpha value is -0.385. The second-order valence-corrected chi connectivity index (χ2v) is 5.60. The van der Waals surface area contributed by atoms with E-state index in [2.05, 4.69) is 0 Å². The van der Waals surface area contributed by atoms with E-state index in [0.29, 0.717) is 12.9 Å². The van der Waals surface area contributed by atoms with Gasteiger partial charge in [-0.1, -0.05) is 0 Å². The molecule has 0 amide bonds. The highest BCUT2D eigenvalue weighted by molar-refractivity contribution is 6.46. The van der Waals surface area contributed by atoms with E-state index in [-0.39, 0.29) is 36.6 Å². The largest absolute Gasteiger partial charge is 0.458 e. The summed E-state index contributed by atoms with van der Waals surface area (Å²) in [6.07, 6.45) is 0.603. The molecule has 2 aliphatic rings. The molecular weight excluding hydrogens is 207 g/mol. The molecule has 5 heteroatoms. The van der Waals surface area contributed by atoms with E-state index in [0.717, 1.165) is 0 Å². The number of Topliss-reactive ketones (excluding diaryl/α,β-unsaturated/α-hetero) is 1. The second kappa shape index (κ2) is 3.82. The van der Waals surface area contributed by atoms with Crippen LogP contribution in [0.2, 0.25) is 6.32 Å². The summed E-state index contributed by atoms with van der Waals surface area (Å²) in [5.74, 6) is 0.101. The van der Waals surface area contributed by atoms with Gasteiger partial charge in [-0.3, -0.25) is 4.79 Å². The zero-order chi connectivity index (χ0) is 12.0. The van der Waals surface area contributed by atoms with Gasteiger partial charge in [0, 0.05) is 5.92 Å². The van der Waals surface area contributed by atoms with Crippen LogP contribution < -0.4 is 0 Å². The SMILES string of the molecule is CC1(C)OB(CC2COCC2=O)OC1(C)C. The lowest BCUT2D eigenvalue weighted by Gasteiger charge is -2.32. The maximum absolute atomic E-state index is 11.4. The fourth-order valence-corrected chi connectivity index (χ4v) is 2.01. The molecule has 2 saturated heterocycles. The Morgan fingerprint density at radius 1 is 1.25 bits per heavy atom. The van der Waals surface area contributed by atoms with Crippen molar-refractivity contribution in [3.8, 4) is 0 Å². The van der Waals surface area contributed by atoms with Crippen LogP contribution in [0.5, 0.6) is 0 Å². The number of hydrogen-bond donors (Lipinski definition) is 0. The van der Waals surface area contributed by atoms with Gasteiger partial charge in [0.2, 0.25) is 0 Å². The second-order valence-electron chi connectivity index (χ2n) is 5.60. The summed E-state index contributed by atoms with van der Waals surface area (Å²) >= 11 is 0. The normalized spacial score (nSPS) is 32.4. The molecule has 0 radical (unpaired) electrons. The van der Waals surface area contributed by atoms with Gasteiger partial charge in [0.05, 0.1) is 17.8 Å². The lowest BCUT2D eigenvalue weighted by Crippen LogP contribution is -2.41. The predicted octanol–water partition coefficient (Wildman–Crippen LogP) is 1.29. The van der Waals surface area contributed by atoms with Gasteiger partial charge >= 0.3 is 7.12 Å². The van der Waals surface area contributed by atoms with E-state index in [1.165, 1.54) is 0 Å². The molecule has 2 heterocycles. The van der Waals surface area contributed by atoms with Gasteiger partial charge in [-0.25, -0.2) is 0 Å². The van der Waals surface area contributed by atoms with Crippen LogP contribution in [0.1, 0.15) is 27.7 Å². The highest BCUT2D eigenvalue weighted by Crippen LogP contribution is 2.38. The van der Waals surface area contributed by atoms with Gasteiger partial charge < -0.3 is 14.0 Å². The van der Waals surface area contributed by atoms with Crippen molar-refractivity contribution in [1.29, 1.82) is 0 Å². The van der Waals surface area contributed by atoms with Gasteiger partial charge in [0.15, 0.2) is 5.78 Å². The van der Waals surface area contributed by atoms with E-state index in [1.807, 2.05) is 27.7 Å². The molecule has 90 valence electrons. The molecule has 1 atom stereocenters. The predicted molar refractivity (Wildman–Crippen MR) is 60.2 cm³/mol. The maximum atomic E-state index is 11.4. The van der Waals surface area contributed by atoms with Crippen molar-refractivity contribution in [1.82, 2.24) is 0 Å². The summed E-state index contributed by atoms with van der Waals surface area (Å²) < 4.78 is 16.8. The zero-order valence-corrected chi connectivity index (χ0v) is 10.4. The fraction of sp³-hybridized carbons (Fsp3) is 0.909. The van der Waals surface area contributed by atoms with Crippen LogP contribution in [0.15, 0.2) is 0 Å². The number of hydrogen-bond acceptors (Lipinski definition) is 4. The van der Waals surface area contributed by atoms with Crippen molar-refractivity contribution in [2.45, 2.75) is 45.2 Å². The first-order chi connectivity index (χ1) is 7.32. The Kier molecular flexibility index (Phi) is 2.89. The number of ketones is 1. The number of ether oxygens (including phenoxy) is 1. The molecule has 0 aliphatic carbocycles. The molecule has 2 fully saturated rings. The van der Waals surface area contributed by atoms with Crippen molar-refractivity contribution in [3.63, 3.8) is 0 Å². The third-order valence-corrected chi connectivity index (χ3v) is 3.80. The van der Waals surface area contributed by atoms with Gasteiger partial charge in [-0.05, 0) is 34.0 Å². The number of carbonyl (C=O) groups excluding carboxylic acids is 1. The van der Waals surface area contributed by atoms with Crippen LogP contribution in [0.4, 0.5) is 0 Å². The number of rotatable bonds is 2. The quantitative estimate of drug-likeness (QED) is 0.665. The third-order valence-electron chi connectivity index (χ3n) is 3.80. The highest BCUT2D eigenvalue weighted by atomic mass is 16.7. The van der Waals surface area contributed by atoms with E-state index in [9.17, 15) is 4.79 Å². The van der Waals surface area contributed by atoms with E-state index < -0.39 is 0 Å². The molecule has 1 unspecified atom stereocenters. The molecular formula is C11H19BO4. The average Bonchev–Trinajstić information content (AvgIpc) is 2.57. The monoisotopic (exact) mass is 226 g/mol. The van der Waals surface area contributed by atoms with Crippen molar-refractivity contribution in [2.75, 3.05) is 13.2 Å². The van der Waals surface area contributed by atoms with Crippen molar-refractivity contribution < 1.29 is 18.8 Å². The smallest absolute Gasteiger partial charge is 0.403 e. The van der Waals surface area contributed by atoms with E-state index >= 15 is 0 Å². The molecule has 2 aliphatic heterocycles. The van der Waals surface area contributed by atoms with Crippen molar-refractivity contribution in [2.24, 2.45) is 5.92 Å². The first-order valence-corrected chi connectivity index (χ1v) is 5.78. The molecule has 0 aromatic heterocycles. The molecule has 4 nitrogen and oxygen atoms in total. The van der Waals surface area contributed by atoms with Crippen LogP contribution in [-0.4, -0.2) is 37.3 Å². The summed E-state index contributed by atoms with van der Waals surface area (Å²) in [6, 6.07) is 0. The Balaban J connectivity index is 1.96. The topological polar surface area (TPSA) is 44.8 Å². The summed E-state index contributed by atoms with van der Waals surface area (Å²) in [4.78, 5) is 11.4. The molecule has 2 rings (SSSR count). The van der Waals surface area contributed by atoms with Crippen LogP contribution in [-0.2, 0) is 18.8 Å². The minimum atomic E-state index is -0.319. The number of carbonyl (C=O) groups is 1. The van der Waals surface area contributed by atoms with Crippen LogP contribution in [0.3, 0.4) is 0 Å². The van der Waals surface area contributed by atoms with Gasteiger partial charge in [0.25, 0.3) is 0 Å². The maximum Gasteiger partial charge on any atom is 0.458 e. The third kappa shape index (κ3) is 2.04. The van der Waals surface area contributed by atoms with Gasteiger partial charge in [-0.15, -0.1) is 0 Å². The summed E-state index contributed by atoms with van der Waals surface area (Å²) in [7, 11) is -0.291. The minimum Gasteiger partial charge on any atom is -0.403 e. The Bertz CT molecular complexity index is 284. The minimum absolute atomic E-state index is 0.0605. The fourth-order valence-electron chi connectivity index (χ4n) is 2.01.